The molecule has 21 heavy (non-hydrogen) atoms. The largest absolute Gasteiger partial charge is 0.465 e. The number of nitrogens with zero attached hydrogens (tertiary/aromatic N) is 1. The van der Waals surface area contributed by atoms with Gasteiger partial charge in [-0.25, -0.2) is 4.79 Å². The first-order chi connectivity index (χ1) is 9.70. The molecule has 7 heteroatoms. The summed E-state index contributed by atoms with van der Waals surface area (Å²) in [5.74, 6) is -0.577. The zero-order valence-electron chi connectivity index (χ0n) is 11.9. The Bertz CT molecular complexity index is 490. The number of para-hydroxylation sites is 1. The van der Waals surface area contributed by atoms with Crippen molar-refractivity contribution >= 4 is 30.0 Å². The maximum Gasteiger partial charge on any atom is 0.339 e. The molecule has 6 nitrogen and oxygen atoms in total. The Labute approximate surface area is 130 Å². The number of hydrogen-bond acceptors (Lipinski definition) is 5. The van der Waals surface area contributed by atoms with Crippen LogP contribution in [0.3, 0.4) is 0 Å². The smallest absolute Gasteiger partial charge is 0.339 e. The SMILES string of the molecule is COC(=O)c1ccccc1NC(=O)CN1CCNCC1.Cl. The summed E-state index contributed by atoms with van der Waals surface area (Å²) in [5, 5.41) is 6.01. The van der Waals surface area contributed by atoms with Gasteiger partial charge in [-0.1, -0.05) is 12.1 Å². The van der Waals surface area contributed by atoms with E-state index >= 15 is 0 Å². The molecule has 1 aromatic carbocycles. The minimum atomic E-state index is -0.455. The lowest BCUT2D eigenvalue weighted by Crippen LogP contribution is -2.46. The van der Waals surface area contributed by atoms with Crippen molar-refractivity contribution in [1.82, 2.24) is 10.2 Å². The summed E-state index contributed by atoms with van der Waals surface area (Å²) in [6.07, 6.45) is 0. The van der Waals surface area contributed by atoms with Crippen LogP contribution in [-0.4, -0.2) is 56.6 Å². The van der Waals surface area contributed by atoms with Gasteiger partial charge in [-0.2, -0.15) is 0 Å². The van der Waals surface area contributed by atoms with E-state index in [1.165, 1.54) is 7.11 Å². The highest BCUT2D eigenvalue weighted by atomic mass is 35.5. The van der Waals surface area contributed by atoms with Gasteiger partial charge in [0.1, 0.15) is 0 Å². The van der Waals surface area contributed by atoms with Gasteiger partial charge in [0.15, 0.2) is 0 Å². The number of methoxy groups -OCH3 is 1. The molecule has 116 valence electrons. The summed E-state index contributed by atoms with van der Waals surface area (Å²) in [7, 11) is 1.32. The predicted molar refractivity (Wildman–Crippen MR) is 83.0 cm³/mol. The Hall–Kier alpha value is -1.63. The molecular formula is C14H20ClN3O3. The van der Waals surface area contributed by atoms with E-state index in [0.29, 0.717) is 17.8 Å². The van der Waals surface area contributed by atoms with Crippen molar-refractivity contribution in [2.75, 3.05) is 45.2 Å². The Kier molecular flexibility index (Phi) is 7.14. The molecule has 0 aromatic heterocycles. The molecule has 2 rings (SSSR count). The number of carbonyl (C=O) groups excluding carboxylic acids is 2. The van der Waals surface area contributed by atoms with Crippen LogP contribution < -0.4 is 10.6 Å². The molecule has 0 radical (unpaired) electrons. The van der Waals surface area contributed by atoms with Gasteiger partial charge < -0.3 is 15.4 Å². The highest BCUT2D eigenvalue weighted by Gasteiger charge is 2.16. The van der Waals surface area contributed by atoms with Crippen molar-refractivity contribution < 1.29 is 14.3 Å². The van der Waals surface area contributed by atoms with E-state index in [1.807, 2.05) is 0 Å². The van der Waals surface area contributed by atoms with E-state index < -0.39 is 5.97 Å². The second kappa shape index (κ2) is 8.61. The lowest BCUT2D eigenvalue weighted by atomic mass is 10.2. The molecule has 0 unspecified atom stereocenters. The van der Waals surface area contributed by atoms with E-state index in [0.717, 1.165) is 26.2 Å². The van der Waals surface area contributed by atoms with Gasteiger partial charge in [0.2, 0.25) is 5.91 Å². The van der Waals surface area contributed by atoms with Crippen LogP contribution in [0.15, 0.2) is 24.3 Å². The first kappa shape index (κ1) is 17.4. The normalized spacial score (nSPS) is 14.9. The summed E-state index contributed by atoms with van der Waals surface area (Å²) >= 11 is 0. The van der Waals surface area contributed by atoms with Crippen LogP contribution in [0.5, 0.6) is 0 Å². The maximum atomic E-state index is 12.0. The number of nitrogens with one attached hydrogen (secondary N) is 2. The lowest BCUT2D eigenvalue weighted by molar-refractivity contribution is -0.117. The number of halogens is 1. The Morgan fingerprint density at radius 3 is 2.62 bits per heavy atom. The highest BCUT2D eigenvalue weighted by Crippen LogP contribution is 2.15. The zero-order chi connectivity index (χ0) is 14.4. The quantitative estimate of drug-likeness (QED) is 0.802. The highest BCUT2D eigenvalue weighted by molar-refractivity contribution is 6.01. The topological polar surface area (TPSA) is 70.7 Å². The number of anilines is 1. The number of rotatable bonds is 4. The van der Waals surface area contributed by atoms with Gasteiger partial charge in [0.25, 0.3) is 0 Å². The van der Waals surface area contributed by atoms with Gasteiger partial charge in [-0.3, -0.25) is 9.69 Å². The molecule has 0 atom stereocenters. The molecule has 1 aliphatic heterocycles. The van der Waals surface area contributed by atoms with E-state index in [9.17, 15) is 9.59 Å². The summed E-state index contributed by atoms with van der Waals surface area (Å²) in [5.41, 5.74) is 0.850. The standard InChI is InChI=1S/C14H19N3O3.ClH/c1-20-14(19)11-4-2-3-5-12(11)16-13(18)10-17-8-6-15-7-9-17;/h2-5,15H,6-10H2,1H3,(H,16,18);1H. The molecule has 0 saturated carbocycles. The monoisotopic (exact) mass is 313 g/mol. The van der Waals surface area contributed by atoms with Crippen LogP contribution in [-0.2, 0) is 9.53 Å². The van der Waals surface area contributed by atoms with Crippen LogP contribution in [0.1, 0.15) is 10.4 Å². The zero-order valence-corrected chi connectivity index (χ0v) is 12.7. The Morgan fingerprint density at radius 1 is 1.29 bits per heavy atom. The molecule has 0 spiro atoms. The second-order valence-corrected chi connectivity index (χ2v) is 4.61. The summed E-state index contributed by atoms with van der Waals surface area (Å²) in [6, 6.07) is 6.83. The third-order valence-corrected chi connectivity index (χ3v) is 3.18. The van der Waals surface area contributed by atoms with Crippen molar-refractivity contribution in [2.45, 2.75) is 0 Å². The van der Waals surface area contributed by atoms with Gasteiger partial charge in [0.05, 0.1) is 24.9 Å². The first-order valence-electron chi connectivity index (χ1n) is 6.61. The molecule has 1 heterocycles. The molecule has 1 fully saturated rings. The number of carbonyl (C=O) groups is 2. The fourth-order valence-electron chi connectivity index (χ4n) is 2.14. The van der Waals surface area contributed by atoms with E-state index in [-0.39, 0.29) is 18.3 Å². The summed E-state index contributed by atoms with van der Waals surface area (Å²) in [6.45, 7) is 3.83. The molecular weight excluding hydrogens is 294 g/mol. The van der Waals surface area contributed by atoms with Crippen molar-refractivity contribution in [1.29, 1.82) is 0 Å². The Morgan fingerprint density at radius 2 is 1.95 bits per heavy atom. The number of benzene rings is 1. The van der Waals surface area contributed by atoms with Crippen LogP contribution in [0.25, 0.3) is 0 Å². The number of ether oxygens (including phenoxy) is 1. The first-order valence-corrected chi connectivity index (χ1v) is 6.61. The van der Waals surface area contributed by atoms with Crippen LogP contribution in [0.2, 0.25) is 0 Å². The summed E-state index contributed by atoms with van der Waals surface area (Å²) in [4.78, 5) is 25.7. The number of piperazine rings is 1. The molecule has 1 aliphatic rings. The molecule has 2 N–H and O–H groups in total. The number of esters is 1. The van der Waals surface area contributed by atoms with Crippen LogP contribution >= 0.6 is 12.4 Å². The van der Waals surface area contributed by atoms with E-state index in [2.05, 4.69) is 15.5 Å². The lowest BCUT2D eigenvalue weighted by Gasteiger charge is -2.26. The molecule has 0 aliphatic carbocycles. The molecule has 1 saturated heterocycles. The van der Waals surface area contributed by atoms with Gasteiger partial charge in [-0.15, -0.1) is 12.4 Å². The maximum absolute atomic E-state index is 12.0. The average molecular weight is 314 g/mol. The van der Waals surface area contributed by atoms with Crippen molar-refractivity contribution in [3.8, 4) is 0 Å². The van der Waals surface area contributed by atoms with Gasteiger partial charge >= 0.3 is 5.97 Å². The minimum Gasteiger partial charge on any atom is -0.465 e. The third-order valence-electron chi connectivity index (χ3n) is 3.18. The van der Waals surface area contributed by atoms with E-state index in [4.69, 9.17) is 4.74 Å². The predicted octanol–water partition coefficient (Wildman–Crippen LogP) is 0.739. The molecule has 1 amide bonds. The number of amides is 1. The third kappa shape index (κ3) is 5.00. The molecule has 1 aromatic rings. The summed E-state index contributed by atoms with van der Waals surface area (Å²) < 4.78 is 4.70. The van der Waals surface area contributed by atoms with Gasteiger partial charge in [-0.05, 0) is 12.1 Å². The van der Waals surface area contributed by atoms with Crippen LogP contribution in [0, 0.1) is 0 Å². The van der Waals surface area contributed by atoms with Gasteiger partial charge in [0, 0.05) is 26.2 Å². The fourth-order valence-corrected chi connectivity index (χ4v) is 2.14. The number of hydrogen-bond donors (Lipinski definition) is 2. The van der Waals surface area contributed by atoms with Crippen LogP contribution in [0.4, 0.5) is 5.69 Å². The fraction of sp³-hybridized carbons (Fsp3) is 0.429. The Balaban J connectivity index is 0.00000220. The van der Waals surface area contributed by atoms with E-state index in [1.54, 1.807) is 24.3 Å². The molecule has 0 bridgehead atoms. The van der Waals surface area contributed by atoms with Crippen molar-refractivity contribution in [3.63, 3.8) is 0 Å². The van der Waals surface area contributed by atoms with Crippen molar-refractivity contribution in [3.05, 3.63) is 29.8 Å². The minimum absolute atomic E-state index is 0. The average Bonchev–Trinajstić information content (AvgIpc) is 2.48. The van der Waals surface area contributed by atoms with Crippen molar-refractivity contribution in [2.24, 2.45) is 0 Å². The second-order valence-electron chi connectivity index (χ2n) is 4.61.